The monoisotopic (exact) mass is 340 g/mol. The second kappa shape index (κ2) is 6.39. The quantitative estimate of drug-likeness (QED) is 0.547. The van der Waals surface area contributed by atoms with Gasteiger partial charge < -0.3 is 0 Å². The number of hydrogen-bond acceptors (Lipinski definition) is 2. The van der Waals surface area contributed by atoms with Crippen molar-refractivity contribution in [3.63, 3.8) is 0 Å². The van der Waals surface area contributed by atoms with Crippen LogP contribution in [0.3, 0.4) is 0 Å². The lowest BCUT2D eigenvalue weighted by molar-refractivity contribution is 0.552. The van der Waals surface area contributed by atoms with Crippen LogP contribution < -0.4 is 11.3 Å². The average molecular weight is 341 g/mol. The summed E-state index contributed by atoms with van der Waals surface area (Å²) in [6, 6.07) is 23.3. The summed E-state index contributed by atoms with van der Waals surface area (Å²) in [6.07, 6.45) is 0.863. The molecule has 3 aromatic rings. The van der Waals surface area contributed by atoms with Gasteiger partial charge in [-0.15, -0.1) is 0 Å². The molecule has 3 N–H and O–H groups in total. The lowest BCUT2D eigenvalue weighted by atomic mass is 9.97. The second-order valence-corrected chi connectivity index (χ2v) is 6.07. The summed E-state index contributed by atoms with van der Waals surface area (Å²) in [6.45, 7) is 0. The first-order valence-corrected chi connectivity index (χ1v) is 7.75. The number of fused-ring (bicyclic) bond motifs is 1. The maximum absolute atomic E-state index is 5.77. The van der Waals surface area contributed by atoms with E-state index in [4.69, 9.17) is 5.84 Å². The summed E-state index contributed by atoms with van der Waals surface area (Å²) in [5.74, 6) is 5.77. The number of hydrazine groups is 1. The van der Waals surface area contributed by atoms with Gasteiger partial charge in [0.05, 0.1) is 6.04 Å². The highest BCUT2D eigenvalue weighted by molar-refractivity contribution is 9.10. The molecule has 3 heteroatoms. The smallest absolute Gasteiger partial charge is 0.0500 e. The number of nitrogens with two attached hydrogens (primary N) is 1. The van der Waals surface area contributed by atoms with E-state index < -0.39 is 0 Å². The minimum Gasteiger partial charge on any atom is -0.271 e. The molecule has 0 aliphatic carbocycles. The van der Waals surface area contributed by atoms with E-state index in [2.05, 4.69) is 88.1 Å². The average Bonchev–Trinajstić information content (AvgIpc) is 2.54. The number of halogens is 1. The fraction of sp³-hybridized carbons (Fsp3) is 0.111. The molecule has 0 amide bonds. The molecule has 106 valence electrons. The van der Waals surface area contributed by atoms with E-state index in [0.717, 1.165) is 10.9 Å². The van der Waals surface area contributed by atoms with Gasteiger partial charge in [-0.2, -0.15) is 0 Å². The summed E-state index contributed by atoms with van der Waals surface area (Å²) in [5, 5.41) is 2.49. The Morgan fingerprint density at radius 1 is 0.905 bits per heavy atom. The molecule has 1 unspecified atom stereocenters. The molecule has 0 radical (unpaired) electrons. The Hall–Kier alpha value is -1.68. The lowest BCUT2D eigenvalue weighted by Crippen LogP contribution is -2.29. The van der Waals surface area contributed by atoms with Gasteiger partial charge in [0.2, 0.25) is 0 Å². The molecule has 0 spiro atoms. The minimum atomic E-state index is 0.107. The highest BCUT2D eigenvalue weighted by atomic mass is 79.9. The topological polar surface area (TPSA) is 38.0 Å². The minimum absolute atomic E-state index is 0.107. The predicted octanol–water partition coefficient (Wildman–Crippen LogP) is 4.35. The van der Waals surface area contributed by atoms with Gasteiger partial charge in [0, 0.05) is 4.47 Å². The van der Waals surface area contributed by atoms with Crippen LogP contribution in [0, 0.1) is 0 Å². The highest BCUT2D eigenvalue weighted by Crippen LogP contribution is 2.23. The zero-order chi connectivity index (χ0) is 14.7. The molecule has 2 nitrogen and oxygen atoms in total. The van der Waals surface area contributed by atoms with Crippen LogP contribution in [0.5, 0.6) is 0 Å². The third kappa shape index (κ3) is 3.32. The number of benzene rings is 3. The highest BCUT2D eigenvalue weighted by Gasteiger charge is 2.11. The van der Waals surface area contributed by atoms with Crippen LogP contribution in [-0.2, 0) is 6.42 Å². The third-order valence-corrected chi connectivity index (χ3v) is 4.26. The van der Waals surface area contributed by atoms with Crippen molar-refractivity contribution in [3.05, 3.63) is 82.3 Å². The largest absolute Gasteiger partial charge is 0.271 e. The van der Waals surface area contributed by atoms with Crippen molar-refractivity contribution >= 4 is 26.7 Å². The van der Waals surface area contributed by atoms with Gasteiger partial charge in [-0.25, -0.2) is 0 Å². The van der Waals surface area contributed by atoms with Crippen molar-refractivity contribution in [2.75, 3.05) is 0 Å². The Kier molecular flexibility index (Phi) is 4.34. The molecule has 1 atom stereocenters. The van der Waals surface area contributed by atoms with Gasteiger partial charge in [0.25, 0.3) is 0 Å². The Bertz CT molecular complexity index is 738. The molecule has 0 saturated carbocycles. The van der Waals surface area contributed by atoms with Crippen molar-refractivity contribution < 1.29 is 0 Å². The predicted molar refractivity (Wildman–Crippen MR) is 91.9 cm³/mol. The maximum atomic E-state index is 5.77. The van der Waals surface area contributed by atoms with Gasteiger partial charge in [-0.05, 0) is 46.5 Å². The molecule has 0 heterocycles. The molecule has 0 aromatic heterocycles. The SMILES string of the molecule is NNC(Cc1ccc(Br)cc1)c1ccc2ccccc2c1. The molecule has 3 rings (SSSR count). The van der Waals surface area contributed by atoms with Gasteiger partial charge in [0.15, 0.2) is 0 Å². The Morgan fingerprint density at radius 2 is 1.62 bits per heavy atom. The molecule has 0 bridgehead atoms. The Balaban J connectivity index is 1.88. The van der Waals surface area contributed by atoms with Crippen molar-refractivity contribution in [3.8, 4) is 0 Å². The van der Waals surface area contributed by atoms with Crippen LogP contribution in [0.15, 0.2) is 71.2 Å². The van der Waals surface area contributed by atoms with Crippen LogP contribution >= 0.6 is 15.9 Å². The van der Waals surface area contributed by atoms with Crippen LogP contribution in [0.2, 0.25) is 0 Å². The summed E-state index contributed by atoms with van der Waals surface area (Å²) < 4.78 is 1.09. The number of hydrogen-bond donors (Lipinski definition) is 2. The van der Waals surface area contributed by atoms with E-state index in [0.29, 0.717) is 0 Å². The first-order valence-electron chi connectivity index (χ1n) is 6.95. The summed E-state index contributed by atoms with van der Waals surface area (Å²) >= 11 is 3.46. The van der Waals surface area contributed by atoms with E-state index in [1.807, 2.05) is 0 Å². The van der Waals surface area contributed by atoms with Crippen molar-refractivity contribution in [2.24, 2.45) is 5.84 Å². The molecule has 0 aliphatic rings. The molecular weight excluding hydrogens is 324 g/mol. The zero-order valence-corrected chi connectivity index (χ0v) is 13.2. The molecule has 21 heavy (non-hydrogen) atoms. The summed E-state index contributed by atoms with van der Waals surface area (Å²) in [7, 11) is 0. The summed E-state index contributed by atoms with van der Waals surface area (Å²) in [5.41, 5.74) is 5.40. The van der Waals surface area contributed by atoms with Crippen LogP contribution in [0.4, 0.5) is 0 Å². The van der Waals surface area contributed by atoms with Gasteiger partial charge in [0.1, 0.15) is 0 Å². The Morgan fingerprint density at radius 3 is 2.33 bits per heavy atom. The second-order valence-electron chi connectivity index (χ2n) is 5.16. The normalized spacial score (nSPS) is 12.5. The van der Waals surface area contributed by atoms with E-state index in [1.165, 1.54) is 21.9 Å². The first kappa shape index (κ1) is 14.3. The van der Waals surface area contributed by atoms with Crippen LogP contribution in [0.25, 0.3) is 10.8 Å². The van der Waals surface area contributed by atoms with Gasteiger partial charge in [-0.3, -0.25) is 11.3 Å². The van der Waals surface area contributed by atoms with Crippen molar-refractivity contribution in [1.82, 2.24) is 5.43 Å². The lowest BCUT2D eigenvalue weighted by Gasteiger charge is -2.17. The Labute approximate surface area is 133 Å². The fourth-order valence-corrected chi connectivity index (χ4v) is 2.82. The van der Waals surface area contributed by atoms with Crippen molar-refractivity contribution in [2.45, 2.75) is 12.5 Å². The fourth-order valence-electron chi connectivity index (χ4n) is 2.55. The molecule has 3 aromatic carbocycles. The first-order chi connectivity index (χ1) is 10.3. The zero-order valence-electron chi connectivity index (χ0n) is 11.6. The van der Waals surface area contributed by atoms with Gasteiger partial charge in [-0.1, -0.05) is 64.5 Å². The van der Waals surface area contributed by atoms with Crippen LogP contribution in [0.1, 0.15) is 17.2 Å². The standard InChI is InChI=1S/C18H17BrN2/c19-17-9-5-13(6-10-17)11-18(21-20)16-8-7-14-3-1-2-4-15(14)12-16/h1-10,12,18,21H,11,20H2. The van der Waals surface area contributed by atoms with E-state index in [9.17, 15) is 0 Å². The number of rotatable bonds is 4. The molecular formula is C18H17BrN2. The van der Waals surface area contributed by atoms with E-state index in [1.54, 1.807) is 0 Å². The molecule has 0 saturated heterocycles. The summed E-state index contributed by atoms with van der Waals surface area (Å²) in [4.78, 5) is 0. The van der Waals surface area contributed by atoms with Gasteiger partial charge >= 0.3 is 0 Å². The molecule has 0 aliphatic heterocycles. The third-order valence-electron chi connectivity index (χ3n) is 3.73. The van der Waals surface area contributed by atoms with E-state index in [-0.39, 0.29) is 6.04 Å². The molecule has 0 fully saturated rings. The number of nitrogens with one attached hydrogen (secondary N) is 1. The maximum Gasteiger partial charge on any atom is 0.0500 e. The van der Waals surface area contributed by atoms with Crippen LogP contribution in [-0.4, -0.2) is 0 Å². The van der Waals surface area contributed by atoms with E-state index >= 15 is 0 Å². The van der Waals surface area contributed by atoms with Crippen molar-refractivity contribution in [1.29, 1.82) is 0 Å².